The summed E-state index contributed by atoms with van der Waals surface area (Å²) in [7, 11) is 0. The van der Waals surface area contributed by atoms with Crippen LogP contribution in [0.5, 0.6) is 5.75 Å². The van der Waals surface area contributed by atoms with E-state index in [1.165, 1.54) is 18.2 Å². The van der Waals surface area contributed by atoms with Gasteiger partial charge in [-0.15, -0.1) is 0 Å². The van der Waals surface area contributed by atoms with Gasteiger partial charge in [-0.1, -0.05) is 0 Å². The van der Waals surface area contributed by atoms with Gasteiger partial charge in [0.05, 0.1) is 5.52 Å². The number of esters is 1. The lowest BCUT2D eigenvalue weighted by Crippen LogP contribution is -2.51. The van der Waals surface area contributed by atoms with Crippen LogP contribution in [-0.4, -0.2) is 53.4 Å². The van der Waals surface area contributed by atoms with E-state index in [0.717, 1.165) is 32.5 Å². The van der Waals surface area contributed by atoms with Crippen molar-refractivity contribution in [1.29, 1.82) is 0 Å². The van der Waals surface area contributed by atoms with Crippen molar-refractivity contribution in [3.8, 4) is 5.75 Å². The molecule has 4 heterocycles. The van der Waals surface area contributed by atoms with Crippen molar-refractivity contribution < 1.29 is 23.0 Å². The fourth-order valence-electron chi connectivity index (χ4n) is 3.57. The van der Waals surface area contributed by atoms with Crippen molar-refractivity contribution in [2.45, 2.75) is 25.6 Å². The zero-order valence-corrected chi connectivity index (χ0v) is 12.9. The van der Waals surface area contributed by atoms with E-state index in [2.05, 4.69) is 19.8 Å². The van der Waals surface area contributed by atoms with Crippen LogP contribution in [0.25, 0.3) is 10.9 Å². The Bertz CT molecular complexity index is 756. The van der Waals surface area contributed by atoms with Gasteiger partial charge in [-0.3, -0.25) is 10.00 Å². The van der Waals surface area contributed by atoms with Crippen LogP contribution in [0.3, 0.4) is 0 Å². The number of nitrogens with zero attached hydrogens (tertiary/aromatic N) is 2. The Hall–Kier alpha value is -2.22. The van der Waals surface area contributed by atoms with Gasteiger partial charge in [0.25, 0.3) is 0 Å². The summed E-state index contributed by atoms with van der Waals surface area (Å²) in [4.78, 5) is 14.8. The number of aromatic nitrogens is 2. The van der Waals surface area contributed by atoms with Gasteiger partial charge >= 0.3 is 12.6 Å². The third-order valence-electron chi connectivity index (χ3n) is 4.81. The topological polar surface area (TPSA) is 67.5 Å². The second-order valence-electron chi connectivity index (χ2n) is 6.24. The highest BCUT2D eigenvalue weighted by atomic mass is 19.3. The minimum Gasteiger partial charge on any atom is -0.456 e. The third-order valence-corrected chi connectivity index (χ3v) is 4.81. The minimum absolute atomic E-state index is 0.0125. The van der Waals surface area contributed by atoms with E-state index in [9.17, 15) is 13.6 Å². The zero-order valence-electron chi connectivity index (χ0n) is 12.9. The minimum atomic E-state index is -2.90. The molecule has 3 fully saturated rings. The molecule has 0 radical (unpaired) electrons. The summed E-state index contributed by atoms with van der Waals surface area (Å²) in [5.74, 6) is -0.0591. The summed E-state index contributed by atoms with van der Waals surface area (Å²) in [6.07, 6.45) is 1.99. The van der Waals surface area contributed by atoms with Gasteiger partial charge in [-0.2, -0.15) is 13.9 Å². The lowest BCUT2D eigenvalue weighted by atomic mass is 9.86. The summed E-state index contributed by atoms with van der Waals surface area (Å²) in [5, 5.41) is 7.19. The Kier molecular flexibility index (Phi) is 3.84. The van der Waals surface area contributed by atoms with Gasteiger partial charge in [0.1, 0.15) is 11.9 Å². The Morgan fingerprint density at radius 3 is 2.79 bits per heavy atom. The van der Waals surface area contributed by atoms with Crippen molar-refractivity contribution in [3.05, 3.63) is 23.9 Å². The van der Waals surface area contributed by atoms with Crippen molar-refractivity contribution >= 4 is 16.9 Å². The Balaban J connectivity index is 1.52. The molecule has 3 saturated heterocycles. The van der Waals surface area contributed by atoms with Gasteiger partial charge in [0.15, 0.2) is 5.69 Å². The molecule has 1 N–H and O–H groups in total. The van der Waals surface area contributed by atoms with Gasteiger partial charge in [-0.25, -0.2) is 4.79 Å². The third kappa shape index (κ3) is 2.82. The number of carbonyl (C=O) groups is 1. The molecule has 6 nitrogen and oxygen atoms in total. The van der Waals surface area contributed by atoms with E-state index in [0.29, 0.717) is 16.8 Å². The molecule has 8 heteroatoms. The number of rotatable bonds is 4. The molecule has 0 spiro atoms. The molecule has 3 aliphatic heterocycles. The number of fused-ring (bicyclic) bond motifs is 4. The molecular formula is C16H17F2N3O3. The van der Waals surface area contributed by atoms with Crippen LogP contribution in [0.15, 0.2) is 18.2 Å². The number of aromatic amines is 1. The molecule has 3 aliphatic rings. The largest absolute Gasteiger partial charge is 0.456 e. The van der Waals surface area contributed by atoms with Crippen molar-refractivity contribution in [2.24, 2.45) is 5.92 Å². The van der Waals surface area contributed by atoms with Crippen molar-refractivity contribution in [3.63, 3.8) is 0 Å². The maximum atomic E-state index is 12.5. The van der Waals surface area contributed by atoms with E-state index in [4.69, 9.17) is 4.74 Å². The molecule has 128 valence electrons. The Labute approximate surface area is 136 Å². The number of hydrogen-bond acceptors (Lipinski definition) is 5. The number of nitrogens with one attached hydrogen (secondary N) is 1. The highest BCUT2D eigenvalue weighted by Crippen LogP contribution is 2.31. The normalized spacial score (nSPS) is 26.0. The molecule has 2 bridgehead atoms. The first-order valence-electron chi connectivity index (χ1n) is 7.96. The van der Waals surface area contributed by atoms with Crippen LogP contribution >= 0.6 is 0 Å². The number of ether oxygens (including phenoxy) is 2. The van der Waals surface area contributed by atoms with Crippen molar-refractivity contribution in [2.75, 3.05) is 19.6 Å². The van der Waals surface area contributed by atoms with Gasteiger partial charge in [0, 0.05) is 18.0 Å². The number of benzene rings is 1. The molecule has 1 aromatic heterocycles. The molecule has 2 aromatic rings. The highest BCUT2D eigenvalue weighted by Gasteiger charge is 2.37. The first-order chi connectivity index (χ1) is 11.6. The first-order valence-corrected chi connectivity index (χ1v) is 7.96. The number of alkyl halides is 2. The Morgan fingerprint density at radius 1 is 1.33 bits per heavy atom. The first kappa shape index (κ1) is 15.3. The standard InChI is InChI=1S/C16H17F2N3O3/c17-16(18)23-10-1-2-11-12(7-10)19-20-14(11)15(22)24-13-8-21-5-3-9(13)4-6-21/h1-2,7,9,13,16H,3-6,8H2,(H,19,20)/t13-/m0/s1. The maximum Gasteiger partial charge on any atom is 0.387 e. The monoisotopic (exact) mass is 337 g/mol. The second-order valence-corrected chi connectivity index (χ2v) is 6.24. The second kappa shape index (κ2) is 6.01. The molecule has 0 saturated carbocycles. The average molecular weight is 337 g/mol. The lowest BCUT2D eigenvalue weighted by molar-refractivity contribution is -0.0498. The smallest absolute Gasteiger partial charge is 0.387 e. The van der Waals surface area contributed by atoms with Gasteiger partial charge in [0.2, 0.25) is 0 Å². The fraction of sp³-hybridized carbons (Fsp3) is 0.500. The van der Waals surface area contributed by atoms with E-state index in [1.54, 1.807) is 0 Å². The number of halogens is 2. The number of H-pyrrole nitrogens is 1. The van der Waals surface area contributed by atoms with Crippen LogP contribution in [-0.2, 0) is 4.74 Å². The predicted molar refractivity (Wildman–Crippen MR) is 81.1 cm³/mol. The SMILES string of the molecule is O=C(O[C@H]1CN2CCC1CC2)c1n[nH]c2cc(OC(F)F)ccc12. The molecular weight excluding hydrogens is 320 g/mol. The molecule has 24 heavy (non-hydrogen) atoms. The average Bonchev–Trinajstić information content (AvgIpc) is 2.98. The van der Waals surface area contributed by atoms with E-state index in [1.807, 2.05) is 0 Å². The summed E-state index contributed by atoms with van der Waals surface area (Å²) in [6, 6.07) is 4.30. The molecule has 0 amide bonds. The number of carbonyl (C=O) groups excluding carboxylic acids is 1. The van der Waals surface area contributed by atoms with Crippen LogP contribution in [0.2, 0.25) is 0 Å². The molecule has 1 aromatic carbocycles. The van der Waals surface area contributed by atoms with Gasteiger partial charge < -0.3 is 9.47 Å². The van der Waals surface area contributed by atoms with Crippen LogP contribution in [0.4, 0.5) is 8.78 Å². The predicted octanol–water partition coefficient (Wildman–Crippen LogP) is 2.42. The summed E-state index contributed by atoms with van der Waals surface area (Å²) < 4.78 is 34.5. The quantitative estimate of drug-likeness (QED) is 0.868. The van der Waals surface area contributed by atoms with E-state index in [-0.39, 0.29) is 17.5 Å². The fourth-order valence-corrected chi connectivity index (χ4v) is 3.57. The van der Waals surface area contributed by atoms with Crippen LogP contribution < -0.4 is 4.74 Å². The molecule has 1 atom stereocenters. The van der Waals surface area contributed by atoms with Crippen molar-refractivity contribution in [1.82, 2.24) is 15.1 Å². The molecule has 5 rings (SSSR count). The van der Waals surface area contributed by atoms with Crippen LogP contribution in [0.1, 0.15) is 23.3 Å². The Morgan fingerprint density at radius 2 is 2.12 bits per heavy atom. The molecule has 0 unspecified atom stereocenters. The lowest BCUT2D eigenvalue weighted by Gasteiger charge is -2.43. The molecule has 0 aliphatic carbocycles. The summed E-state index contributed by atoms with van der Waals surface area (Å²) >= 11 is 0. The number of piperidine rings is 3. The van der Waals surface area contributed by atoms with E-state index >= 15 is 0 Å². The number of hydrogen-bond donors (Lipinski definition) is 1. The zero-order chi connectivity index (χ0) is 16.7. The highest BCUT2D eigenvalue weighted by molar-refractivity contribution is 6.02. The maximum absolute atomic E-state index is 12.5. The summed E-state index contributed by atoms with van der Waals surface area (Å²) in [6.45, 7) is 0.00513. The summed E-state index contributed by atoms with van der Waals surface area (Å²) in [5.41, 5.74) is 0.624. The van der Waals surface area contributed by atoms with E-state index < -0.39 is 12.6 Å². The van der Waals surface area contributed by atoms with Gasteiger partial charge in [-0.05, 0) is 44.0 Å². The van der Waals surface area contributed by atoms with Crippen LogP contribution in [0, 0.1) is 5.92 Å².